The largest absolute Gasteiger partial charge is 0.205 e. The molecule has 0 aromatic heterocycles. The minimum atomic E-state index is 0.572. The SMILES string of the molecule is C[N+](C)(C)N=C(CCCC(=N[N+](C)(C)C)c1ccccc1)c1ccccc1. The summed E-state index contributed by atoms with van der Waals surface area (Å²) in [5.41, 5.74) is 4.72. The Labute approximate surface area is 164 Å². The second kappa shape index (κ2) is 9.07. The lowest BCUT2D eigenvalue weighted by atomic mass is 10.0. The molecule has 0 radical (unpaired) electrons. The molecule has 0 saturated heterocycles. The summed E-state index contributed by atoms with van der Waals surface area (Å²) in [6, 6.07) is 21.0. The monoisotopic (exact) mass is 366 g/mol. The molecule has 0 heterocycles. The van der Waals surface area contributed by atoms with E-state index in [-0.39, 0.29) is 0 Å². The Morgan fingerprint density at radius 1 is 0.593 bits per heavy atom. The Bertz CT molecular complexity index is 696. The van der Waals surface area contributed by atoms with Crippen molar-refractivity contribution in [2.45, 2.75) is 19.3 Å². The fourth-order valence-corrected chi connectivity index (χ4v) is 2.91. The molecule has 0 amide bonds. The summed E-state index contributed by atoms with van der Waals surface area (Å²) in [4.78, 5) is 0. The van der Waals surface area contributed by atoms with Crippen LogP contribution in [0.2, 0.25) is 0 Å². The van der Waals surface area contributed by atoms with Gasteiger partial charge in [-0.05, 0) is 19.3 Å². The van der Waals surface area contributed by atoms with Gasteiger partial charge in [0.25, 0.3) is 0 Å². The zero-order chi connectivity index (χ0) is 19.9. The van der Waals surface area contributed by atoms with Crippen LogP contribution in [0.5, 0.6) is 0 Å². The van der Waals surface area contributed by atoms with Crippen LogP contribution in [0.1, 0.15) is 30.4 Å². The molecule has 0 aliphatic carbocycles. The summed E-state index contributed by atoms with van der Waals surface area (Å²) >= 11 is 0. The van der Waals surface area contributed by atoms with Crippen molar-refractivity contribution in [1.29, 1.82) is 0 Å². The second-order valence-corrected chi connectivity index (χ2v) is 8.56. The fraction of sp³-hybridized carbons (Fsp3) is 0.391. The highest BCUT2D eigenvalue weighted by Gasteiger charge is 2.15. The summed E-state index contributed by atoms with van der Waals surface area (Å²) < 4.78 is 1.14. The maximum atomic E-state index is 4.93. The van der Waals surface area contributed by atoms with Crippen LogP contribution in [-0.4, -0.2) is 62.9 Å². The molecule has 0 unspecified atom stereocenters. The second-order valence-electron chi connectivity index (χ2n) is 8.56. The third-order valence-corrected chi connectivity index (χ3v) is 3.88. The first-order valence-corrected chi connectivity index (χ1v) is 9.56. The molecular formula is C23H34N4+2. The molecule has 0 fully saturated rings. The van der Waals surface area contributed by atoms with Crippen LogP contribution in [0.25, 0.3) is 0 Å². The number of hydrogen-bond acceptors (Lipinski definition) is 2. The van der Waals surface area contributed by atoms with Crippen LogP contribution in [0.15, 0.2) is 70.9 Å². The maximum absolute atomic E-state index is 4.93. The summed E-state index contributed by atoms with van der Waals surface area (Å²) in [7, 11) is 12.6. The smallest absolute Gasteiger partial charge is 0.103 e. The normalized spacial score (nSPS) is 13.7. The zero-order valence-corrected chi connectivity index (χ0v) is 17.7. The van der Waals surface area contributed by atoms with Crippen LogP contribution in [-0.2, 0) is 0 Å². The van der Waals surface area contributed by atoms with Gasteiger partial charge in [-0.2, -0.15) is 0 Å². The molecule has 0 aliphatic rings. The van der Waals surface area contributed by atoms with Gasteiger partial charge in [0.15, 0.2) is 0 Å². The average molecular weight is 367 g/mol. The van der Waals surface area contributed by atoms with E-state index in [1.807, 2.05) is 0 Å². The van der Waals surface area contributed by atoms with Crippen LogP contribution in [0, 0.1) is 0 Å². The van der Waals surface area contributed by atoms with E-state index in [1.54, 1.807) is 0 Å². The van der Waals surface area contributed by atoms with Gasteiger partial charge in [-0.15, -0.1) is 0 Å². The van der Waals surface area contributed by atoms with Crippen molar-refractivity contribution in [2.75, 3.05) is 42.3 Å². The van der Waals surface area contributed by atoms with E-state index in [0.717, 1.165) is 30.7 Å². The third-order valence-electron chi connectivity index (χ3n) is 3.88. The molecule has 0 bridgehead atoms. The Kier molecular flexibility index (Phi) is 7.05. The first-order chi connectivity index (χ1) is 12.6. The number of nitrogens with zero attached hydrogens (tertiary/aromatic N) is 4. The Balaban J connectivity index is 2.18. The van der Waals surface area contributed by atoms with Crippen molar-refractivity contribution in [3.8, 4) is 0 Å². The van der Waals surface area contributed by atoms with E-state index in [4.69, 9.17) is 10.2 Å². The summed E-state index contributed by atoms with van der Waals surface area (Å²) in [6.07, 6.45) is 2.88. The van der Waals surface area contributed by atoms with Crippen LogP contribution in [0.4, 0.5) is 0 Å². The highest BCUT2D eigenvalue weighted by Crippen LogP contribution is 2.15. The van der Waals surface area contributed by atoms with Crippen molar-refractivity contribution < 1.29 is 9.18 Å². The van der Waals surface area contributed by atoms with E-state index in [0.29, 0.717) is 9.18 Å². The molecular weight excluding hydrogens is 332 g/mol. The van der Waals surface area contributed by atoms with Crippen molar-refractivity contribution in [3.63, 3.8) is 0 Å². The van der Waals surface area contributed by atoms with Crippen molar-refractivity contribution in [3.05, 3.63) is 71.8 Å². The number of rotatable bonds is 8. The van der Waals surface area contributed by atoms with Gasteiger partial charge < -0.3 is 0 Å². The molecule has 144 valence electrons. The minimum Gasteiger partial charge on any atom is -0.205 e. The van der Waals surface area contributed by atoms with Gasteiger partial charge in [-0.1, -0.05) is 70.9 Å². The van der Waals surface area contributed by atoms with Crippen LogP contribution in [0.3, 0.4) is 0 Å². The molecule has 2 rings (SSSR count). The Hall–Kier alpha value is -2.30. The fourth-order valence-electron chi connectivity index (χ4n) is 2.91. The van der Waals surface area contributed by atoms with Gasteiger partial charge in [0.05, 0.1) is 42.3 Å². The molecule has 4 heteroatoms. The van der Waals surface area contributed by atoms with Gasteiger partial charge in [0.2, 0.25) is 0 Å². The molecule has 0 N–H and O–H groups in total. The topological polar surface area (TPSA) is 24.7 Å². The van der Waals surface area contributed by atoms with E-state index >= 15 is 0 Å². The lowest BCUT2D eigenvalue weighted by Gasteiger charge is -2.19. The first kappa shape index (κ1) is 21.0. The van der Waals surface area contributed by atoms with Crippen molar-refractivity contribution in [2.24, 2.45) is 10.2 Å². The number of benzene rings is 2. The van der Waals surface area contributed by atoms with Gasteiger partial charge in [0.1, 0.15) is 11.4 Å². The van der Waals surface area contributed by atoms with Gasteiger partial charge in [-0.3, -0.25) is 0 Å². The predicted octanol–water partition coefficient (Wildman–Crippen LogP) is 4.38. The molecule has 0 spiro atoms. The Morgan fingerprint density at radius 3 is 1.22 bits per heavy atom. The number of quaternary nitrogens is 2. The molecule has 0 aliphatic heterocycles. The summed E-state index contributed by atoms with van der Waals surface area (Å²) in [5, 5.41) is 9.87. The van der Waals surface area contributed by atoms with E-state index in [9.17, 15) is 0 Å². The van der Waals surface area contributed by atoms with E-state index in [1.165, 1.54) is 11.1 Å². The average Bonchev–Trinajstić information content (AvgIpc) is 2.59. The number of hydrogen-bond donors (Lipinski definition) is 0. The van der Waals surface area contributed by atoms with Crippen LogP contribution < -0.4 is 0 Å². The Morgan fingerprint density at radius 2 is 0.926 bits per heavy atom. The van der Waals surface area contributed by atoms with E-state index in [2.05, 4.69) is 103 Å². The predicted molar refractivity (Wildman–Crippen MR) is 116 cm³/mol. The molecule has 2 aromatic carbocycles. The van der Waals surface area contributed by atoms with E-state index < -0.39 is 0 Å². The highest BCUT2D eigenvalue weighted by atomic mass is 15.6. The molecule has 2 aromatic rings. The zero-order valence-electron chi connectivity index (χ0n) is 17.7. The lowest BCUT2D eigenvalue weighted by molar-refractivity contribution is -0.877. The quantitative estimate of drug-likeness (QED) is 0.376. The highest BCUT2D eigenvalue weighted by molar-refractivity contribution is 6.02. The van der Waals surface area contributed by atoms with Gasteiger partial charge in [-0.25, -0.2) is 9.18 Å². The van der Waals surface area contributed by atoms with Crippen molar-refractivity contribution >= 4 is 11.4 Å². The molecule has 4 nitrogen and oxygen atoms in total. The molecule has 27 heavy (non-hydrogen) atoms. The standard InChI is InChI=1S/C23H34N4/c1-26(2,3)24-22(20-14-9-7-10-15-20)18-13-19-23(25-27(4,5)6)21-16-11-8-12-17-21/h7-12,14-17H,13,18-19H2,1-6H3/q+2. The summed E-state index contributed by atoms with van der Waals surface area (Å²) in [5.74, 6) is 0. The van der Waals surface area contributed by atoms with Crippen LogP contribution >= 0.6 is 0 Å². The lowest BCUT2D eigenvalue weighted by Crippen LogP contribution is -2.30. The summed E-state index contributed by atoms with van der Waals surface area (Å²) in [6.45, 7) is 0. The van der Waals surface area contributed by atoms with Crippen molar-refractivity contribution in [1.82, 2.24) is 0 Å². The molecule has 0 atom stereocenters. The minimum absolute atomic E-state index is 0.572. The van der Waals surface area contributed by atoms with Gasteiger partial charge in [0, 0.05) is 11.1 Å². The van der Waals surface area contributed by atoms with Gasteiger partial charge >= 0.3 is 0 Å². The third kappa shape index (κ3) is 7.85. The maximum Gasteiger partial charge on any atom is 0.103 e. The molecule has 0 saturated carbocycles. The first-order valence-electron chi connectivity index (χ1n) is 9.56.